The van der Waals surface area contributed by atoms with Crippen molar-refractivity contribution in [1.82, 2.24) is 10.6 Å². The zero-order valence-corrected chi connectivity index (χ0v) is 24.1. The molecule has 0 unspecified atom stereocenters. The van der Waals surface area contributed by atoms with Crippen LogP contribution in [0, 0.1) is 0 Å². The van der Waals surface area contributed by atoms with Crippen LogP contribution in [0.4, 0.5) is 0 Å². The van der Waals surface area contributed by atoms with Crippen molar-refractivity contribution < 1.29 is 19.1 Å². The second kappa shape index (κ2) is 16.3. The van der Waals surface area contributed by atoms with E-state index in [4.69, 9.17) is 20.5 Å². The van der Waals surface area contributed by atoms with Gasteiger partial charge in [-0.15, -0.1) is 0 Å². The van der Waals surface area contributed by atoms with E-state index in [-0.39, 0.29) is 24.7 Å². The summed E-state index contributed by atoms with van der Waals surface area (Å²) in [5, 5.41) is 13.1. The van der Waals surface area contributed by atoms with E-state index in [9.17, 15) is 9.59 Å². The first-order valence-corrected chi connectivity index (χ1v) is 12.9. The molecule has 37 heavy (non-hydrogen) atoms. The fourth-order valence-electron chi connectivity index (χ4n) is 3.45. The first kappa shape index (κ1) is 34.5. The summed E-state index contributed by atoms with van der Waals surface area (Å²) < 4.78 is 11.8. The van der Waals surface area contributed by atoms with Crippen LogP contribution in [0.2, 0.25) is 0 Å². The van der Waals surface area contributed by atoms with Gasteiger partial charge in [-0.25, -0.2) is 0 Å². The molecule has 0 rings (SSSR count). The molecule has 12 heteroatoms. The van der Waals surface area contributed by atoms with Gasteiger partial charge in [-0.1, -0.05) is 10.2 Å². The minimum atomic E-state index is -0.447. The van der Waals surface area contributed by atoms with E-state index in [0.29, 0.717) is 58.4 Å². The lowest BCUT2D eigenvalue weighted by atomic mass is 9.99. The summed E-state index contributed by atoms with van der Waals surface area (Å²) in [6, 6.07) is 0. The molecule has 0 spiro atoms. The summed E-state index contributed by atoms with van der Waals surface area (Å²) in [4.78, 5) is 30.3. The quantitative estimate of drug-likeness (QED) is 0.118. The third kappa shape index (κ3) is 19.3. The van der Waals surface area contributed by atoms with Gasteiger partial charge in [0.2, 0.25) is 11.8 Å². The summed E-state index contributed by atoms with van der Waals surface area (Å²) in [7, 11) is 0. The molecule has 0 aromatic carbocycles. The Morgan fingerprint density at radius 1 is 0.676 bits per heavy atom. The number of nitrogens with zero attached hydrogens (tertiary/aromatic N) is 6. The third-order valence-corrected chi connectivity index (χ3v) is 5.96. The van der Waals surface area contributed by atoms with E-state index < -0.39 is 22.3 Å². The Morgan fingerprint density at radius 2 is 1.03 bits per heavy atom. The maximum Gasteiger partial charge on any atom is 0.220 e. The van der Waals surface area contributed by atoms with Gasteiger partial charge in [-0.3, -0.25) is 9.59 Å². The Labute approximate surface area is 221 Å². The van der Waals surface area contributed by atoms with Gasteiger partial charge in [0.25, 0.3) is 0 Å². The van der Waals surface area contributed by atoms with Crippen molar-refractivity contribution in [3.05, 3.63) is 20.9 Å². The van der Waals surface area contributed by atoms with E-state index in [2.05, 4.69) is 30.7 Å². The van der Waals surface area contributed by atoms with E-state index in [1.807, 2.05) is 55.4 Å². The van der Waals surface area contributed by atoms with E-state index in [0.717, 1.165) is 0 Å². The lowest BCUT2D eigenvalue weighted by Crippen LogP contribution is -2.45. The lowest BCUT2D eigenvalue weighted by Gasteiger charge is -2.30. The molecule has 0 heterocycles. The number of hydrogen-bond acceptors (Lipinski definition) is 6. The maximum absolute atomic E-state index is 12.4. The highest BCUT2D eigenvalue weighted by Gasteiger charge is 2.25. The minimum Gasteiger partial charge on any atom is -0.375 e. The average Bonchev–Trinajstić information content (AvgIpc) is 2.72. The van der Waals surface area contributed by atoms with Crippen LogP contribution in [0.3, 0.4) is 0 Å². The van der Waals surface area contributed by atoms with Gasteiger partial charge in [0, 0.05) is 60.0 Å². The summed E-state index contributed by atoms with van der Waals surface area (Å²) in [6.07, 6.45) is 3.47. The molecule has 0 atom stereocenters. The molecule has 212 valence electrons. The first-order valence-electron chi connectivity index (χ1n) is 12.9. The number of nitrogens with one attached hydrogen (secondary N) is 2. The van der Waals surface area contributed by atoms with Gasteiger partial charge >= 0.3 is 0 Å². The minimum absolute atomic E-state index is 0.101. The summed E-state index contributed by atoms with van der Waals surface area (Å²) in [5.74, 6) is -0.202. The normalized spacial score (nSPS) is 12.3. The zero-order chi connectivity index (χ0) is 28.6. The van der Waals surface area contributed by atoms with Crippen molar-refractivity contribution >= 4 is 11.8 Å². The molecule has 2 amide bonds. The van der Waals surface area contributed by atoms with Crippen LogP contribution >= 0.6 is 0 Å². The van der Waals surface area contributed by atoms with Gasteiger partial charge in [0.1, 0.15) is 0 Å². The molecule has 0 aliphatic carbocycles. The highest BCUT2D eigenvalue weighted by Crippen LogP contribution is 2.19. The molecular weight excluding hydrogens is 476 g/mol. The lowest BCUT2D eigenvalue weighted by molar-refractivity contribution is -0.124. The van der Waals surface area contributed by atoms with Crippen molar-refractivity contribution in [2.24, 2.45) is 10.2 Å². The predicted octanol–water partition coefficient (Wildman–Crippen LogP) is 5.72. The van der Waals surface area contributed by atoms with Gasteiger partial charge in [-0.2, -0.15) is 0 Å². The van der Waals surface area contributed by atoms with Crippen LogP contribution in [0.15, 0.2) is 10.2 Å². The number of ether oxygens (including phenoxy) is 2. The summed E-state index contributed by atoms with van der Waals surface area (Å²) in [5.41, 5.74) is 15.1. The Morgan fingerprint density at radius 3 is 1.35 bits per heavy atom. The van der Waals surface area contributed by atoms with Crippen molar-refractivity contribution in [3.63, 3.8) is 0 Å². The van der Waals surface area contributed by atoms with Crippen molar-refractivity contribution in [3.8, 4) is 0 Å². The first-order chi connectivity index (χ1) is 17.0. The van der Waals surface area contributed by atoms with Crippen LogP contribution in [-0.2, 0) is 19.1 Å². The van der Waals surface area contributed by atoms with Crippen LogP contribution in [-0.4, -0.2) is 60.4 Å². The summed E-state index contributed by atoms with van der Waals surface area (Å²) >= 11 is 0. The number of carbonyl (C=O) groups excluding carboxylic acids is 2. The van der Waals surface area contributed by atoms with E-state index >= 15 is 0 Å². The standard InChI is InChI=1S/C25H48N8O4/c1-22(2,14-18-36-24(5,6)12-16-28-32-26)30-20(34)10-9-11-21(35)31-23(3,4)15-19-37-25(7,8)13-17-29-33-27/h9-19H2,1-8H3,(H,30,34)(H,31,35). The van der Waals surface area contributed by atoms with E-state index in [1.165, 1.54) is 0 Å². The number of rotatable bonds is 20. The molecule has 0 bridgehead atoms. The Balaban J connectivity index is 4.28. The molecule has 2 N–H and O–H groups in total. The highest BCUT2D eigenvalue weighted by atomic mass is 16.5. The van der Waals surface area contributed by atoms with Crippen LogP contribution < -0.4 is 10.6 Å². The SMILES string of the molecule is CC(C)(CCOC(C)(C)CCN=[N+]=[N-])NC(=O)CCCC(=O)NC(C)(C)CCOC(C)(C)CCN=[N+]=[N-]. The molecule has 0 aromatic heterocycles. The van der Waals surface area contributed by atoms with Gasteiger partial charge in [0.05, 0.1) is 11.2 Å². The number of hydrogen-bond donors (Lipinski definition) is 2. The third-order valence-electron chi connectivity index (χ3n) is 5.96. The van der Waals surface area contributed by atoms with Crippen LogP contribution in [0.25, 0.3) is 20.9 Å². The largest absolute Gasteiger partial charge is 0.375 e. The van der Waals surface area contributed by atoms with E-state index in [1.54, 1.807) is 0 Å². The smallest absolute Gasteiger partial charge is 0.220 e. The second-order valence-electron chi connectivity index (χ2n) is 11.8. The van der Waals surface area contributed by atoms with Crippen molar-refractivity contribution in [2.75, 3.05) is 26.3 Å². The molecule has 0 aliphatic rings. The molecule has 12 nitrogen and oxygen atoms in total. The number of amides is 2. The Kier molecular flexibility index (Phi) is 15.2. The molecule has 0 radical (unpaired) electrons. The molecule has 0 saturated carbocycles. The van der Waals surface area contributed by atoms with Crippen LogP contribution in [0.1, 0.15) is 100 Å². The topological polar surface area (TPSA) is 174 Å². The highest BCUT2D eigenvalue weighted by molar-refractivity contribution is 5.79. The molecule has 0 fully saturated rings. The average molecular weight is 525 g/mol. The number of carbonyl (C=O) groups is 2. The van der Waals surface area contributed by atoms with Crippen molar-refractivity contribution in [1.29, 1.82) is 0 Å². The second-order valence-corrected chi connectivity index (χ2v) is 11.8. The van der Waals surface area contributed by atoms with Gasteiger partial charge in [-0.05, 0) is 98.6 Å². The predicted molar refractivity (Wildman–Crippen MR) is 145 cm³/mol. The Bertz CT molecular complexity index is 748. The number of azide groups is 2. The molecule has 0 aromatic rings. The Hall–Kier alpha value is -2.52. The van der Waals surface area contributed by atoms with Crippen LogP contribution in [0.5, 0.6) is 0 Å². The van der Waals surface area contributed by atoms with Gasteiger partial charge in [0.15, 0.2) is 0 Å². The molecular formula is C25H48N8O4. The molecule has 0 saturated heterocycles. The fraction of sp³-hybridized carbons (Fsp3) is 0.920. The van der Waals surface area contributed by atoms with Crippen molar-refractivity contribution in [2.45, 2.75) is 123 Å². The zero-order valence-electron chi connectivity index (χ0n) is 24.1. The molecule has 0 aliphatic heterocycles. The van der Waals surface area contributed by atoms with Gasteiger partial charge < -0.3 is 20.1 Å². The summed E-state index contributed by atoms with van der Waals surface area (Å²) in [6.45, 7) is 17.2. The maximum atomic E-state index is 12.4. The monoisotopic (exact) mass is 524 g/mol. The fourth-order valence-corrected chi connectivity index (χ4v) is 3.45.